The molecule has 0 radical (unpaired) electrons. The Labute approximate surface area is 95.2 Å². The first-order valence-electron chi connectivity index (χ1n) is 5.63. The standard InChI is InChI=1S/C11H19NO4/c1-7(11(14)15)10(13)12-8(2)9-3-5-16-6-4-9/h7-9H,3-6H2,1-2H3,(H,12,13)(H,14,15). The fraction of sp³-hybridized carbons (Fsp3) is 0.818. The highest BCUT2D eigenvalue weighted by molar-refractivity contribution is 5.96. The van der Waals surface area contributed by atoms with E-state index in [4.69, 9.17) is 9.84 Å². The highest BCUT2D eigenvalue weighted by Gasteiger charge is 2.26. The zero-order chi connectivity index (χ0) is 12.1. The average Bonchev–Trinajstić information content (AvgIpc) is 2.28. The van der Waals surface area contributed by atoms with Crippen LogP contribution in [-0.2, 0) is 14.3 Å². The van der Waals surface area contributed by atoms with Crippen molar-refractivity contribution in [3.05, 3.63) is 0 Å². The molecular formula is C11H19NO4. The van der Waals surface area contributed by atoms with E-state index in [1.165, 1.54) is 6.92 Å². The van der Waals surface area contributed by atoms with Gasteiger partial charge in [0.25, 0.3) is 0 Å². The second kappa shape index (κ2) is 5.84. The first-order chi connectivity index (χ1) is 7.52. The molecule has 1 amide bonds. The minimum absolute atomic E-state index is 0.0122. The van der Waals surface area contributed by atoms with Gasteiger partial charge in [0.05, 0.1) is 0 Å². The van der Waals surface area contributed by atoms with Gasteiger partial charge in [-0.2, -0.15) is 0 Å². The molecule has 0 bridgehead atoms. The maximum atomic E-state index is 11.5. The maximum absolute atomic E-state index is 11.5. The second-order valence-electron chi connectivity index (χ2n) is 4.31. The largest absolute Gasteiger partial charge is 0.481 e. The van der Waals surface area contributed by atoms with E-state index in [1.807, 2.05) is 6.92 Å². The van der Waals surface area contributed by atoms with E-state index in [0.29, 0.717) is 5.92 Å². The van der Waals surface area contributed by atoms with Crippen molar-refractivity contribution in [1.82, 2.24) is 5.32 Å². The molecule has 0 saturated carbocycles. The summed E-state index contributed by atoms with van der Waals surface area (Å²) in [7, 11) is 0. The van der Waals surface area contributed by atoms with Gasteiger partial charge in [-0.15, -0.1) is 0 Å². The van der Waals surface area contributed by atoms with Gasteiger partial charge in [0.15, 0.2) is 0 Å². The number of carboxylic acid groups (broad SMARTS) is 1. The second-order valence-corrected chi connectivity index (χ2v) is 4.31. The number of hydrogen-bond acceptors (Lipinski definition) is 3. The van der Waals surface area contributed by atoms with Crippen LogP contribution in [0.1, 0.15) is 26.7 Å². The number of carbonyl (C=O) groups is 2. The summed E-state index contributed by atoms with van der Waals surface area (Å²) in [6, 6.07) is 0.0122. The molecular weight excluding hydrogens is 210 g/mol. The Hall–Kier alpha value is -1.10. The Morgan fingerprint density at radius 3 is 2.38 bits per heavy atom. The van der Waals surface area contributed by atoms with E-state index < -0.39 is 17.8 Å². The van der Waals surface area contributed by atoms with Gasteiger partial charge < -0.3 is 15.2 Å². The zero-order valence-corrected chi connectivity index (χ0v) is 9.73. The predicted molar refractivity (Wildman–Crippen MR) is 57.9 cm³/mol. The molecule has 0 aromatic carbocycles. The number of ether oxygens (including phenoxy) is 1. The number of nitrogens with one attached hydrogen (secondary N) is 1. The first kappa shape index (κ1) is 13.0. The van der Waals surface area contributed by atoms with E-state index in [2.05, 4.69) is 5.32 Å². The number of rotatable bonds is 4. The van der Waals surface area contributed by atoms with E-state index >= 15 is 0 Å². The molecule has 1 aliphatic rings. The fourth-order valence-corrected chi connectivity index (χ4v) is 1.80. The molecule has 1 saturated heterocycles. The topological polar surface area (TPSA) is 75.6 Å². The third-order valence-electron chi connectivity index (χ3n) is 3.11. The number of aliphatic carboxylic acids is 1. The molecule has 16 heavy (non-hydrogen) atoms. The molecule has 1 aliphatic heterocycles. The molecule has 1 rings (SSSR count). The number of hydrogen-bond donors (Lipinski definition) is 2. The summed E-state index contributed by atoms with van der Waals surface area (Å²) in [6.07, 6.45) is 1.84. The van der Waals surface area contributed by atoms with Crippen molar-refractivity contribution in [2.24, 2.45) is 11.8 Å². The van der Waals surface area contributed by atoms with Gasteiger partial charge in [-0.25, -0.2) is 0 Å². The molecule has 5 heteroatoms. The number of carbonyl (C=O) groups excluding carboxylic acids is 1. The molecule has 92 valence electrons. The quantitative estimate of drug-likeness (QED) is 0.694. The monoisotopic (exact) mass is 229 g/mol. The van der Waals surface area contributed by atoms with Crippen LogP contribution >= 0.6 is 0 Å². The lowest BCUT2D eigenvalue weighted by atomic mass is 9.92. The van der Waals surface area contributed by atoms with Gasteiger partial charge in [0.1, 0.15) is 5.92 Å². The maximum Gasteiger partial charge on any atom is 0.315 e. The molecule has 2 atom stereocenters. The first-order valence-corrected chi connectivity index (χ1v) is 5.63. The van der Waals surface area contributed by atoms with Crippen molar-refractivity contribution in [2.75, 3.05) is 13.2 Å². The van der Waals surface area contributed by atoms with Gasteiger partial charge in [-0.1, -0.05) is 0 Å². The van der Waals surface area contributed by atoms with Gasteiger partial charge in [-0.05, 0) is 32.6 Å². The van der Waals surface area contributed by atoms with E-state index in [9.17, 15) is 9.59 Å². The lowest BCUT2D eigenvalue weighted by Gasteiger charge is -2.28. The fourth-order valence-electron chi connectivity index (χ4n) is 1.80. The highest BCUT2D eigenvalue weighted by atomic mass is 16.5. The van der Waals surface area contributed by atoms with Crippen molar-refractivity contribution in [1.29, 1.82) is 0 Å². The molecule has 0 aliphatic carbocycles. The average molecular weight is 229 g/mol. The van der Waals surface area contributed by atoms with Crippen LogP contribution in [0.15, 0.2) is 0 Å². The van der Waals surface area contributed by atoms with Crippen LogP contribution in [0.2, 0.25) is 0 Å². The van der Waals surface area contributed by atoms with Gasteiger partial charge in [-0.3, -0.25) is 9.59 Å². The predicted octanol–water partition coefficient (Wildman–Crippen LogP) is 0.638. The number of amides is 1. The normalized spacial score (nSPS) is 21.1. The summed E-state index contributed by atoms with van der Waals surface area (Å²) in [5, 5.41) is 11.5. The Morgan fingerprint density at radius 1 is 1.31 bits per heavy atom. The highest BCUT2D eigenvalue weighted by Crippen LogP contribution is 2.18. The molecule has 2 N–H and O–H groups in total. The Balaban J connectivity index is 2.40. The van der Waals surface area contributed by atoms with Crippen LogP contribution in [-0.4, -0.2) is 36.2 Å². The van der Waals surface area contributed by atoms with Crippen LogP contribution in [0.4, 0.5) is 0 Å². The smallest absolute Gasteiger partial charge is 0.315 e. The molecule has 1 heterocycles. The number of carboxylic acids is 1. The lowest BCUT2D eigenvalue weighted by molar-refractivity contribution is -0.146. The molecule has 0 aromatic heterocycles. The van der Waals surface area contributed by atoms with Crippen LogP contribution in [0.5, 0.6) is 0 Å². The lowest BCUT2D eigenvalue weighted by Crippen LogP contribution is -2.44. The summed E-state index contributed by atoms with van der Waals surface area (Å²) in [6.45, 7) is 4.76. The minimum atomic E-state index is -1.09. The van der Waals surface area contributed by atoms with Crippen molar-refractivity contribution in [3.63, 3.8) is 0 Å². The summed E-state index contributed by atoms with van der Waals surface area (Å²) in [4.78, 5) is 22.1. The summed E-state index contributed by atoms with van der Waals surface area (Å²) in [5.74, 6) is -2.09. The Morgan fingerprint density at radius 2 is 1.88 bits per heavy atom. The Kier molecular flexibility index (Phi) is 4.73. The molecule has 1 fully saturated rings. The van der Waals surface area contributed by atoms with E-state index in [1.54, 1.807) is 0 Å². The van der Waals surface area contributed by atoms with Gasteiger partial charge in [0, 0.05) is 19.3 Å². The third-order valence-corrected chi connectivity index (χ3v) is 3.11. The SMILES string of the molecule is CC(C(=O)O)C(=O)NC(C)C1CCOCC1. The third kappa shape index (κ3) is 3.48. The molecule has 0 aromatic rings. The summed E-state index contributed by atoms with van der Waals surface area (Å²) in [5.41, 5.74) is 0. The van der Waals surface area contributed by atoms with E-state index in [-0.39, 0.29) is 6.04 Å². The summed E-state index contributed by atoms with van der Waals surface area (Å²) >= 11 is 0. The van der Waals surface area contributed by atoms with Gasteiger partial charge >= 0.3 is 5.97 Å². The zero-order valence-electron chi connectivity index (χ0n) is 9.73. The van der Waals surface area contributed by atoms with Crippen LogP contribution < -0.4 is 5.32 Å². The van der Waals surface area contributed by atoms with Crippen molar-refractivity contribution in [3.8, 4) is 0 Å². The minimum Gasteiger partial charge on any atom is -0.481 e. The molecule has 0 spiro atoms. The van der Waals surface area contributed by atoms with E-state index in [0.717, 1.165) is 26.1 Å². The van der Waals surface area contributed by atoms with Crippen molar-refractivity contribution < 1.29 is 19.4 Å². The van der Waals surface area contributed by atoms with Crippen LogP contribution in [0, 0.1) is 11.8 Å². The summed E-state index contributed by atoms with van der Waals surface area (Å²) < 4.78 is 5.23. The van der Waals surface area contributed by atoms with Crippen molar-refractivity contribution >= 4 is 11.9 Å². The van der Waals surface area contributed by atoms with Crippen LogP contribution in [0.25, 0.3) is 0 Å². The van der Waals surface area contributed by atoms with Crippen LogP contribution in [0.3, 0.4) is 0 Å². The molecule has 2 unspecified atom stereocenters. The van der Waals surface area contributed by atoms with Crippen molar-refractivity contribution in [2.45, 2.75) is 32.7 Å². The molecule has 5 nitrogen and oxygen atoms in total. The Bertz CT molecular complexity index is 261. The van der Waals surface area contributed by atoms with Gasteiger partial charge in [0.2, 0.25) is 5.91 Å².